The lowest BCUT2D eigenvalue weighted by Gasteiger charge is -2.04. The van der Waals surface area contributed by atoms with Crippen LogP contribution >= 0.6 is 27.5 Å². The molecule has 0 aliphatic heterocycles. The summed E-state index contributed by atoms with van der Waals surface area (Å²) in [6, 6.07) is 3.15. The second-order valence-corrected chi connectivity index (χ2v) is 3.68. The summed E-state index contributed by atoms with van der Waals surface area (Å²) in [6.45, 7) is 4.00. The molecular weight excluding hydrogens is 293 g/mol. The molecule has 0 saturated carbocycles. The number of amidine groups is 1. The van der Waals surface area contributed by atoms with Crippen LogP contribution in [0.15, 0.2) is 26.8 Å². The highest BCUT2D eigenvalue weighted by Gasteiger charge is 2.10. The minimum absolute atomic E-state index is 0.0836. The molecule has 7 heteroatoms. The maximum absolute atomic E-state index is 6.84. The Morgan fingerprint density at radius 3 is 2.44 bits per heavy atom. The van der Waals surface area contributed by atoms with Crippen LogP contribution in [-0.2, 0) is 0 Å². The summed E-state index contributed by atoms with van der Waals surface area (Å²) in [5.41, 5.74) is 13.3. The SMILES string of the molecule is CC.N=N/C(=N\N)c1cc(N)c(Cl)cc1Br. The number of nitrogens with two attached hydrogens (primary N) is 2. The molecule has 0 spiro atoms. The van der Waals surface area contributed by atoms with Crippen molar-refractivity contribution in [2.24, 2.45) is 16.1 Å². The molecular formula is C9H13BrClN5. The fraction of sp³-hybridized carbons (Fsp3) is 0.222. The highest BCUT2D eigenvalue weighted by Crippen LogP contribution is 2.27. The van der Waals surface area contributed by atoms with Gasteiger partial charge in [-0.3, -0.25) is 0 Å². The van der Waals surface area contributed by atoms with Crippen molar-refractivity contribution in [1.29, 1.82) is 5.53 Å². The second kappa shape index (κ2) is 7.19. The van der Waals surface area contributed by atoms with Crippen LogP contribution in [0.4, 0.5) is 5.69 Å². The Kier molecular flexibility index (Phi) is 6.67. The van der Waals surface area contributed by atoms with Crippen LogP contribution in [0, 0.1) is 5.53 Å². The molecule has 0 saturated heterocycles. The predicted molar refractivity (Wildman–Crippen MR) is 70.8 cm³/mol. The number of hydrogen-bond donors (Lipinski definition) is 3. The Morgan fingerprint density at radius 2 is 2.00 bits per heavy atom. The molecule has 0 heterocycles. The summed E-state index contributed by atoms with van der Waals surface area (Å²) in [5, 5.41) is 6.92. The number of hydrogen-bond acceptors (Lipinski definition) is 4. The molecule has 1 aromatic rings. The fourth-order valence-electron chi connectivity index (χ4n) is 0.896. The highest BCUT2D eigenvalue weighted by molar-refractivity contribution is 9.10. The monoisotopic (exact) mass is 305 g/mol. The molecule has 0 fully saturated rings. The van der Waals surface area contributed by atoms with Gasteiger partial charge in [0.15, 0.2) is 0 Å². The van der Waals surface area contributed by atoms with Crippen LogP contribution in [-0.4, -0.2) is 5.84 Å². The van der Waals surface area contributed by atoms with Crippen molar-refractivity contribution in [3.05, 3.63) is 27.2 Å². The van der Waals surface area contributed by atoms with Gasteiger partial charge in [0.2, 0.25) is 5.84 Å². The van der Waals surface area contributed by atoms with Gasteiger partial charge in [-0.1, -0.05) is 25.4 Å². The van der Waals surface area contributed by atoms with E-state index in [1.807, 2.05) is 13.8 Å². The Morgan fingerprint density at radius 1 is 1.44 bits per heavy atom. The number of rotatable bonds is 1. The van der Waals surface area contributed by atoms with E-state index in [0.29, 0.717) is 20.7 Å². The van der Waals surface area contributed by atoms with Crippen LogP contribution < -0.4 is 11.6 Å². The van der Waals surface area contributed by atoms with Gasteiger partial charge in [-0.15, -0.1) is 5.11 Å². The number of benzene rings is 1. The average molecular weight is 307 g/mol. The van der Waals surface area contributed by atoms with Crippen LogP contribution in [0.25, 0.3) is 0 Å². The predicted octanol–water partition coefficient (Wildman–Crippen LogP) is 3.36. The lowest BCUT2D eigenvalue weighted by molar-refractivity contribution is 1.13. The first-order chi connectivity index (χ1) is 7.60. The molecule has 0 unspecified atom stereocenters. The van der Waals surface area contributed by atoms with E-state index in [4.69, 9.17) is 28.7 Å². The van der Waals surface area contributed by atoms with E-state index in [-0.39, 0.29) is 5.84 Å². The minimum atomic E-state index is 0.0836. The van der Waals surface area contributed by atoms with E-state index in [2.05, 4.69) is 26.1 Å². The maximum Gasteiger partial charge on any atom is 0.200 e. The lowest BCUT2D eigenvalue weighted by Crippen LogP contribution is -2.02. The topological polar surface area (TPSA) is 101 Å². The zero-order chi connectivity index (χ0) is 12.7. The Balaban J connectivity index is 0.00000106. The molecule has 0 bridgehead atoms. The molecule has 0 aliphatic rings. The third-order valence-corrected chi connectivity index (χ3v) is 2.54. The summed E-state index contributed by atoms with van der Waals surface area (Å²) in [7, 11) is 0. The largest absolute Gasteiger partial charge is 0.398 e. The molecule has 5 nitrogen and oxygen atoms in total. The molecule has 0 radical (unpaired) electrons. The van der Waals surface area contributed by atoms with E-state index in [0.717, 1.165) is 0 Å². The lowest BCUT2D eigenvalue weighted by atomic mass is 10.2. The van der Waals surface area contributed by atoms with Crippen LogP contribution in [0.1, 0.15) is 19.4 Å². The summed E-state index contributed by atoms with van der Waals surface area (Å²) >= 11 is 9.02. The van der Waals surface area contributed by atoms with Crippen molar-refractivity contribution in [1.82, 2.24) is 0 Å². The normalized spacial score (nSPS) is 10.4. The van der Waals surface area contributed by atoms with Gasteiger partial charge in [0.05, 0.1) is 10.7 Å². The van der Waals surface area contributed by atoms with Crippen molar-refractivity contribution in [2.75, 3.05) is 5.73 Å². The van der Waals surface area contributed by atoms with Crippen molar-refractivity contribution in [3.8, 4) is 0 Å². The zero-order valence-electron chi connectivity index (χ0n) is 8.96. The van der Waals surface area contributed by atoms with Gasteiger partial charge < -0.3 is 11.6 Å². The summed E-state index contributed by atoms with van der Waals surface area (Å²) in [4.78, 5) is 0. The Hall–Kier alpha value is -1.14. The van der Waals surface area contributed by atoms with Gasteiger partial charge in [0.1, 0.15) is 0 Å². The molecule has 88 valence electrons. The third kappa shape index (κ3) is 3.46. The number of nitrogen functional groups attached to an aromatic ring is 1. The number of hydrazone groups is 1. The minimum Gasteiger partial charge on any atom is -0.398 e. The average Bonchev–Trinajstić information content (AvgIpc) is 2.29. The maximum atomic E-state index is 6.84. The van der Waals surface area contributed by atoms with Gasteiger partial charge in [0.25, 0.3) is 0 Å². The van der Waals surface area contributed by atoms with Crippen molar-refractivity contribution >= 4 is 39.1 Å². The summed E-state index contributed by atoms with van der Waals surface area (Å²) < 4.78 is 0.636. The van der Waals surface area contributed by atoms with Crippen LogP contribution in [0.3, 0.4) is 0 Å². The van der Waals surface area contributed by atoms with E-state index in [1.54, 1.807) is 12.1 Å². The first-order valence-electron chi connectivity index (χ1n) is 4.50. The first-order valence-corrected chi connectivity index (χ1v) is 5.67. The molecule has 0 aliphatic carbocycles. The zero-order valence-corrected chi connectivity index (χ0v) is 11.3. The smallest absolute Gasteiger partial charge is 0.200 e. The number of halogens is 2. The van der Waals surface area contributed by atoms with Gasteiger partial charge in [0, 0.05) is 10.0 Å². The van der Waals surface area contributed by atoms with Crippen LogP contribution in [0.2, 0.25) is 5.02 Å². The number of nitrogens with one attached hydrogen (secondary N) is 1. The molecule has 0 aromatic heterocycles. The standard InChI is InChI=1S/C7H7BrClN5.C2H6/c8-4-2-5(9)6(10)1-3(4)7(13-11)14-12;1-2/h1-2,11H,10,12H2;1-2H3/b13-11?,14-7-;. The van der Waals surface area contributed by atoms with Crippen molar-refractivity contribution in [2.45, 2.75) is 13.8 Å². The highest BCUT2D eigenvalue weighted by atomic mass is 79.9. The van der Waals surface area contributed by atoms with E-state index >= 15 is 0 Å². The van der Waals surface area contributed by atoms with Crippen LogP contribution in [0.5, 0.6) is 0 Å². The Bertz CT molecular complexity index is 405. The van der Waals surface area contributed by atoms with Crippen molar-refractivity contribution in [3.63, 3.8) is 0 Å². The Labute approximate surface area is 107 Å². The van der Waals surface area contributed by atoms with Gasteiger partial charge in [-0.05, 0) is 28.1 Å². The third-order valence-electron chi connectivity index (χ3n) is 1.56. The van der Waals surface area contributed by atoms with Crippen molar-refractivity contribution < 1.29 is 0 Å². The summed E-state index contributed by atoms with van der Waals surface area (Å²) in [5.74, 6) is 5.14. The molecule has 5 N–H and O–H groups in total. The van der Waals surface area contributed by atoms with E-state index in [1.165, 1.54) is 0 Å². The first kappa shape index (κ1) is 14.9. The number of nitrogens with zero attached hydrogens (tertiary/aromatic N) is 2. The summed E-state index contributed by atoms with van der Waals surface area (Å²) in [6.07, 6.45) is 0. The molecule has 1 aromatic carbocycles. The van der Waals surface area contributed by atoms with Gasteiger partial charge in [-0.2, -0.15) is 5.10 Å². The second-order valence-electron chi connectivity index (χ2n) is 2.42. The molecule has 1 rings (SSSR count). The van der Waals surface area contributed by atoms with Gasteiger partial charge >= 0.3 is 0 Å². The molecule has 0 atom stereocenters. The van der Waals surface area contributed by atoms with Gasteiger partial charge in [-0.25, -0.2) is 5.53 Å². The molecule has 16 heavy (non-hydrogen) atoms. The number of anilines is 1. The fourth-order valence-corrected chi connectivity index (χ4v) is 1.71. The van der Waals surface area contributed by atoms with E-state index < -0.39 is 0 Å². The van der Waals surface area contributed by atoms with E-state index in [9.17, 15) is 0 Å². The molecule has 0 amide bonds. The quantitative estimate of drug-likeness (QED) is 0.185.